The van der Waals surface area contributed by atoms with Gasteiger partial charge in [-0.25, -0.2) is 14.3 Å². The molecule has 0 aromatic carbocycles. The fourth-order valence-corrected chi connectivity index (χ4v) is 0.972. The highest BCUT2D eigenvalue weighted by molar-refractivity contribution is 5.65. The molecule has 0 aliphatic rings. The van der Waals surface area contributed by atoms with Crippen LogP contribution < -0.4 is 4.74 Å². The number of carboxylic acid groups (broad SMARTS) is 1. The lowest BCUT2D eigenvalue weighted by Crippen LogP contribution is -2.02. The number of hydrogen-bond acceptors (Lipinski definition) is 4. The molecule has 1 N–H and O–H groups in total. The second kappa shape index (κ2) is 2.74. The number of nitrogens with zero attached hydrogens (tertiary/aromatic N) is 3. The standard InChI is InChI=1S/C7H5N3O3/c11-7(12)13-5-4-9-10-3-1-2-8-6(5)10/h1-4H,(H,11,12). The predicted molar refractivity (Wildman–Crippen MR) is 41.6 cm³/mol. The number of hydrogen-bond donors (Lipinski definition) is 1. The maximum absolute atomic E-state index is 10.2. The monoisotopic (exact) mass is 179 g/mol. The Kier molecular flexibility index (Phi) is 1.59. The van der Waals surface area contributed by atoms with Crippen LogP contribution in [0.2, 0.25) is 0 Å². The van der Waals surface area contributed by atoms with Crippen LogP contribution in [-0.2, 0) is 0 Å². The molecule has 0 saturated carbocycles. The number of aromatic nitrogens is 3. The molecule has 0 spiro atoms. The summed E-state index contributed by atoms with van der Waals surface area (Å²) < 4.78 is 5.87. The van der Waals surface area contributed by atoms with Crippen molar-refractivity contribution in [1.82, 2.24) is 14.6 Å². The van der Waals surface area contributed by atoms with E-state index in [0.717, 1.165) is 0 Å². The number of ether oxygens (including phenoxy) is 1. The van der Waals surface area contributed by atoms with Crippen LogP contribution in [0.3, 0.4) is 0 Å². The molecule has 2 heterocycles. The molecule has 2 rings (SSSR count). The third kappa shape index (κ3) is 1.28. The van der Waals surface area contributed by atoms with Gasteiger partial charge in [0, 0.05) is 12.4 Å². The van der Waals surface area contributed by atoms with Crippen LogP contribution in [0.5, 0.6) is 5.75 Å². The number of carbonyl (C=O) groups is 1. The smallest absolute Gasteiger partial charge is 0.449 e. The molecular formula is C7H5N3O3. The maximum atomic E-state index is 10.2. The van der Waals surface area contributed by atoms with Gasteiger partial charge < -0.3 is 9.84 Å². The molecule has 0 radical (unpaired) electrons. The average molecular weight is 179 g/mol. The zero-order valence-electron chi connectivity index (χ0n) is 6.41. The molecule has 6 nitrogen and oxygen atoms in total. The van der Waals surface area contributed by atoms with E-state index in [0.29, 0.717) is 5.65 Å². The van der Waals surface area contributed by atoms with Crippen molar-refractivity contribution < 1.29 is 14.6 Å². The normalized spacial score (nSPS) is 10.2. The number of fused-ring (bicyclic) bond motifs is 1. The summed E-state index contributed by atoms with van der Waals surface area (Å²) in [5.41, 5.74) is 0.380. The summed E-state index contributed by atoms with van der Waals surface area (Å²) in [6.45, 7) is 0. The molecule has 0 atom stereocenters. The van der Waals surface area contributed by atoms with Gasteiger partial charge in [0.15, 0.2) is 11.4 Å². The highest BCUT2D eigenvalue weighted by Crippen LogP contribution is 2.15. The Labute approximate surface area is 72.4 Å². The van der Waals surface area contributed by atoms with E-state index in [2.05, 4.69) is 14.8 Å². The molecule has 0 fully saturated rings. The first-order valence-electron chi connectivity index (χ1n) is 3.46. The molecule has 66 valence electrons. The summed E-state index contributed by atoms with van der Waals surface area (Å²) in [6.07, 6.45) is 3.11. The summed E-state index contributed by atoms with van der Waals surface area (Å²) in [5, 5.41) is 12.2. The second-order valence-electron chi connectivity index (χ2n) is 2.26. The minimum atomic E-state index is -1.37. The summed E-state index contributed by atoms with van der Waals surface area (Å²) in [6, 6.07) is 1.69. The van der Waals surface area contributed by atoms with E-state index >= 15 is 0 Å². The first-order chi connectivity index (χ1) is 6.27. The van der Waals surface area contributed by atoms with Crippen LogP contribution in [0.15, 0.2) is 24.7 Å². The van der Waals surface area contributed by atoms with Crippen molar-refractivity contribution in [2.24, 2.45) is 0 Å². The Morgan fingerprint density at radius 2 is 2.46 bits per heavy atom. The Hall–Kier alpha value is -2.11. The Balaban J connectivity index is 2.51. The Bertz CT molecular complexity index is 451. The van der Waals surface area contributed by atoms with Gasteiger partial charge in [0.25, 0.3) is 0 Å². The average Bonchev–Trinajstić information content (AvgIpc) is 2.48. The van der Waals surface area contributed by atoms with Crippen molar-refractivity contribution in [2.45, 2.75) is 0 Å². The van der Waals surface area contributed by atoms with Crippen molar-refractivity contribution >= 4 is 11.8 Å². The highest BCUT2D eigenvalue weighted by atomic mass is 16.7. The van der Waals surface area contributed by atoms with Gasteiger partial charge in [0.2, 0.25) is 0 Å². The lowest BCUT2D eigenvalue weighted by atomic mass is 10.6. The zero-order valence-corrected chi connectivity index (χ0v) is 6.41. The molecule has 6 heteroatoms. The van der Waals surface area contributed by atoms with E-state index in [9.17, 15) is 4.79 Å². The van der Waals surface area contributed by atoms with Gasteiger partial charge in [-0.15, -0.1) is 0 Å². The van der Waals surface area contributed by atoms with Gasteiger partial charge in [-0.05, 0) is 6.07 Å². The van der Waals surface area contributed by atoms with Crippen molar-refractivity contribution in [1.29, 1.82) is 0 Å². The van der Waals surface area contributed by atoms with Gasteiger partial charge in [-0.3, -0.25) is 0 Å². The quantitative estimate of drug-likeness (QED) is 0.654. The van der Waals surface area contributed by atoms with E-state index in [1.807, 2.05) is 0 Å². The van der Waals surface area contributed by atoms with E-state index in [1.54, 1.807) is 12.3 Å². The molecule has 13 heavy (non-hydrogen) atoms. The van der Waals surface area contributed by atoms with Gasteiger partial charge in [-0.1, -0.05) is 0 Å². The molecule has 2 aromatic rings. The molecular weight excluding hydrogens is 174 g/mol. The third-order valence-corrected chi connectivity index (χ3v) is 1.44. The summed E-state index contributed by atoms with van der Waals surface area (Å²) in [4.78, 5) is 14.1. The fourth-order valence-electron chi connectivity index (χ4n) is 0.972. The fraction of sp³-hybridized carbons (Fsp3) is 0. The highest BCUT2D eigenvalue weighted by Gasteiger charge is 2.08. The summed E-state index contributed by atoms with van der Waals surface area (Å²) in [5.74, 6) is 0.133. The lowest BCUT2D eigenvalue weighted by Gasteiger charge is -1.94. The topological polar surface area (TPSA) is 76.7 Å². The zero-order chi connectivity index (χ0) is 9.26. The van der Waals surface area contributed by atoms with Gasteiger partial charge in [-0.2, -0.15) is 5.10 Å². The van der Waals surface area contributed by atoms with E-state index in [4.69, 9.17) is 5.11 Å². The predicted octanol–water partition coefficient (Wildman–Crippen LogP) is 0.786. The van der Waals surface area contributed by atoms with Crippen molar-refractivity contribution in [3.63, 3.8) is 0 Å². The molecule has 0 aliphatic heterocycles. The van der Waals surface area contributed by atoms with Crippen LogP contribution in [0, 0.1) is 0 Å². The van der Waals surface area contributed by atoms with Gasteiger partial charge in [0.1, 0.15) is 0 Å². The van der Waals surface area contributed by atoms with Crippen molar-refractivity contribution in [3.05, 3.63) is 24.7 Å². The van der Waals surface area contributed by atoms with Gasteiger partial charge in [0.05, 0.1) is 6.20 Å². The summed E-state index contributed by atoms with van der Waals surface area (Å²) in [7, 11) is 0. The molecule has 0 bridgehead atoms. The van der Waals surface area contributed by atoms with Gasteiger partial charge >= 0.3 is 6.16 Å². The largest absolute Gasteiger partial charge is 0.511 e. The van der Waals surface area contributed by atoms with E-state index in [-0.39, 0.29) is 5.75 Å². The Morgan fingerprint density at radius 1 is 1.62 bits per heavy atom. The molecule has 0 aliphatic carbocycles. The van der Waals surface area contributed by atoms with Crippen molar-refractivity contribution in [3.8, 4) is 5.75 Å². The molecule has 2 aromatic heterocycles. The van der Waals surface area contributed by atoms with E-state index < -0.39 is 6.16 Å². The third-order valence-electron chi connectivity index (χ3n) is 1.44. The maximum Gasteiger partial charge on any atom is 0.511 e. The first kappa shape index (κ1) is 7.53. The van der Waals surface area contributed by atoms with Crippen LogP contribution in [0.4, 0.5) is 4.79 Å². The SMILES string of the molecule is O=C(O)Oc1cnn2cccnc12. The molecule has 0 saturated heterocycles. The second-order valence-corrected chi connectivity index (χ2v) is 2.26. The van der Waals surface area contributed by atoms with Crippen LogP contribution >= 0.6 is 0 Å². The molecule has 0 unspecified atom stereocenters. The van der Waals surface area contributed by atoms with E-state index in [1.165, 1.54) is 16.9 Å². The number of rotatable bonds is 1. The first-order valence-corrected chi connectivity index (χ1v) is 3.46. The lowest BCUT2D eigenvalue weighted by molar-refractivity contribution is 0.145. The van der Waals surface area contributed by atoms with Crippen LogP contribution in [0.1, 0.15) is 0 Å². The minimum absolute atomic E-state index is 0.133. The summed E-state index contributed by atoms with van der Waals surface area (Å²) >= 11 is 0. The minimum Gasteiger partial charge on any atom is -0.449 e. The Morgan fingerprint density at radius 3 is 3.23 bits per heavy atom. The van der Waals surface area contributed by atoms with Crippen molar-refractivity contribution in [2.75, 3.05) is 0 Å². The van der Waals surface area contributed by atoms with Crippen LogP contribution in [-0.4, -0.2) is 25.9 Å². The van der Waals surface area contributed by atoms with Crippen LogP contribution in [0.25, 0.3) is 5.65 Å². The molecule has 0 amide bonds.